The molecule has 0 bridgehead atoms. The fourth-order valence-electron chi connectivity index (χ4n) is 1.66. The van der Waals surface area contributed by atoms with Gasteiger partial charge in [-0.1, -0.05) is 29.8 Å². The highest BCUT2D eigenvalue weighted by Crippen LogP contribution is 2.22. The Morgan fingerprint density at radius 2 is 2.00 bits per heavy atom. The standard InChI is InChI=1S/C15H24BrNO/c1-11(2)7-8-17-10-13(4)18-14-5-6-15(16)12(3)9-14/h5-6,9,11,13,17H,7-8,10H2,1-4H3. The molecule has 0 fully saturated rings. The zero-order chi connectivity index (χ0) is 13.5. The van der Waals surface area contributed by atoms with Crippen LogP contribution in [-0.2, 0) is 0 Å². The van der Waals surface area contributed by atoms with E-state index in [9.17, 15) is 0 Å². The van der Waals surface area contributed by atoms with Gasteiger partial charge in [-0.15, -0.1) is 0 Å². The second-order valence-corrected chi connectivity index (χ2v) is 6.08. The van der Waals surface area contributed by atoms with E-state index in [4.69, 9.17) is 4.74 Å². The van der Waals surface area contributed by atoms with Crippen LogP contribution in [0.1, 0.15) is 32.8 Å². The molecule has 0 heterocycles. The Morgan fingerprint density at radius 1 is 1.28 bits per heavy atom. The highest BCUT2D eigenvalue weighted by molar-refractivity contribution is 9.10. The largest absolute Gasteiger partial charge is 0.489 e. The van der Waals surface area contributed by atoms with Crippen molar-refractivity contribution in [3.05, 3.63) is 28.2 Å². The van der Waals surface area contributed by atoms with E-state index in [-0.39, 0.29) is 6.10 Å². The minimum Gasteiger partial charge on any atom is -0.489 e. The predicted octanol–water partition coefficient (Wildman–Crippen LogP) is 4.16. The second kappa shape index (κ2) is 7.80. The Hall–Kier alpha value is -0.540. The van der Waals surface area contributed by atoms with Crippen LogP contribution < -0.4 is 10.1 Å². The van der Waals surface area contributed by atoms with Gasteiger partial charge in [0, 0.05) is 11.0 Å². The maximum absolute atomic E-state index is 5.87. The lowest BCUT2D eigenvalue weighted by Gasteiger charge is -2.16. The summed E-state index contributed by atoms with van der Waals surface area (Å²) in [5.74, 6) is 1.69. The summed E-state index contributed by atoms with van der Waals surface area (Å²) >= 11 is 3.49. The zero-order valence-electron chi connectivity index (χ0n) is 11.8. The summed E-state index contributed by atoms with van der Waals surface area (Å²) in [5.41, 5.74) is 1.20. The van der Waals surface area contributed by atoms with Crippen molar-refractivity contribution in [2.24, 2.45) is 5.92 Å². The lowest BCUT2D eigenvalue weighted by molar-refractivity contribution is 0.216. The van der Waals surface area contributed by atoms with Crippen LogP contribution in [-0.4, -0.2) is 19.2 Å². The summed E-state index contributed by atoms with van der Waals surface area (Å²) in [5, 5.41) is 3.43. The third-order valence-electron chi connectivity index (χ3n) is 2.80. The molecule has 1 unspecified atom stereocenters. The third-order valence-corrected chi connectivity index (χ3v) is 3.69. The van der Waals surface area contributed by atoms with E-state index in [0.29, 0.717) is 0 Å². The Labute approximate surface area is 119 Å². The van der Waals surface area contributed by atoms with Crippen LogP contribution in [0.3, 0.4) is 0 Å². The molecule has 0 amide bonds. The predicted molar refractivity (Wildman–Crippen MR) is 81.3 cm³/mol. The minimum absolute atomic E-state index is 0.192. The maximum Gasteiger partial charge on any atom is 0.120 e. The lowest BCUT2D eigenvalue weighted by Crippen LogP contribution is -2.30. The Bertz CT molecular complexity index is 366. The molecule has 0 aliphatic rings. The topological polar surface area (TPSA) is 21.3 Å². The van der Waals surface area contributed by atoms with Gasteiger partial charge in [0.15, 0.2) is 0 Å². The van der Waals surface area contributed by atoms with Crippen molar-refractivity contribution < 1.29 is 4.74 Å². The van der Waals surface area contributed by atoms with Gasteiger partial charge in [-0.2, -0.15) is 0 Å². The molecule has 0 aliphatic heterocycles. The van der Waals surface area contributed by atoms with Gasteiger partial charge in [0.1, 0.15) is 11.9 Å². The summed E-state index contributed by atoms with van der Waals surface area (Å²) in [4.78, 5) is 0. The van der Waals surface area contributed by atoms with Gasteiger partial charge < -0.3 is 10.1 Å². The quantitative estimate of drug-likeness (QED) is 0.763. The molecule has 1 aromatic carbocycles. The van der Waals surface area contributed by atoms with Crippen LogP contribution in [0.25, 0.3) is 0 Å². The molecule has 3 heteroatoms. The van der Waals surface area contributed by atoms with Crippen molar-refractivity contribution >= 4 is 15.9 Å². The molecular formula is C15H24BrNO. The molecule has 1 atom stereocenters. The van der Waals surface area contributed by atoms with Crippen molar-refractivity contribution in [3.63, 3.8) is 0 Å². The molecule has 102 valence electrons. The molecule has 1 aromatic rings. The normalized spacial score (nSPS) is 12.8. The molecule has 1 rings (SSSR count). The number of aryl methyl sites for hydroxylation is 1. The number of ether oxygens (including phenoxy) is 1. The first-order chi connectivity index (χ1) is 8.49. The van der Waals surface area contributed by atoms with Crippen LogP contribution in [0.15, 0.2) is 22.7 Å². The lowest BCUT2D eigenvalue weighted by atomic mass is 10.1. The van der Waals surface area contributed by atoms with Crippen LogP contribution in [0.5, 0.6) is 5.75 Å². The van der Waals surface area contributed by atoms with Crippen molar-refractivity contribution in [2.45, 2.75) is 40.2 Å². The average molecular weight is 314 g/mol. The van der Waals surface area contributed by atoms with E-state index in [2.05, 4.69) is 55.0 Å². The molecular weight excluding hydrogens is 290 g/mol. The van der Waals surface area contributed by atoms with Crippen LogP contribution in [0.2, 0.25) is 0 Å². The molecule has 0 radical (unpaired) electrons. The van der Waals surface area contributed by atoms with Gasteiger partial charge in [0.05, 0.1) is 0 Å². The Kier molecular flexibility index (Phi) is 6.72. The second-order valence-electron chi connectivity index (χ2n) is 5.23. The summed E-state index contributed by atoms with van der Waals surface area (Å²) in [6.07, 6.45) is 1.40. The number of rotatable bonds is 7. The first kappa shape index (κ1) is 15.5. The van der Waals surface area contributed by atoms with Crippen LogP contribution in [0.4, 0.5) is 0 Å². The molecule has 18 heavy (non-hydrogen) atoms. The van der Waals surface area contributed by atoms with Gasteiger partial charge in [0.2, 0.25) is 0 Å². The number of hydrogen-bond acceptors (Lipinski definition) is 2. The highest BCUT2D eigenvalue weighted by Gasteiger charge is 2.05. The monoisotopic (exact) mass is 313 g/mol. The molecule has 0 saturated carbocycles. The molecule has 2 nitrogen and oxygen atoms in total. The van der Waals surface area contributed by atoms with Gasteiger partial charge in [-0.05, 0) is 56.5 Å². The molecule has 0 aliphatic carbocycles. The first-order valence-electron chi connectivity index (χ1n) is 6.62. The summed E-state index contributed by atoms with van der Waals surface area (Å²) in [7, 11) is 0. The zero-order valence-corrected chi connectivity index (χ0v) is 13.4. The minimum atomic E-state index is 0.192. The van der Waals surface area contributed by atoms with E-state index in [1.165, 1.54) is 12.0 Å². The smallest absolute Gasteiger partial charge is 0.120 e. The van der Waals surface area contributed by atoms with Crippen molar-refractivity contribution in [1.82, 2.24) is 5.32 Å². The number of hydrogen-bond donors (Lipinski definition) is 1. The summed E-state index contributed by atoms with van der Waals surface area (Å²) < 4.78 is 7.00. The Morgan fingerprint density at radius 3 is 2.61 bits per heavy atom. The fraction of sp³-hybridized carbons (Fsp3) is 0.600. The first-order valence-corrected chi connectivity index (χ1v) is 7.42. The van der Waals surface area contributed by atoms with E-state index in [1.54, 1.807) is 0 Å². The van der Waals surface area contributed by atoms with E-state index >= 15 is 0 Å². The van der Waals surface area contributed by atoms with E-state index in [0.717, 1.165) is 29.2 Å². The average Bonchev–Trinajstić information content (AvgIpc) is 2.29. The van der Waals surface area contributed by atoms with Crippen LogP contribution >= 0.6 is 15.9 Å². The SMILES string of the molecule is Cc1cc(OC(C)CNCCC(C)C)ccc1Br. The molecule has 0 saturated heterocycles. The fourth-order valence-corrected chi connectivity index (χ4v) is 1.91. The number of benzene rings is 1. The highest BCUT2D eigenvalue weighted by atomic mass is 79.9. The summed E-state index contributed by atoms with van der Waals surface area (Å²) in [6, 6.07) is 6.10. The molecule has 1 N–H and O–H groups in total. The van der Waals surface area contributed by atoms with Gasteiger partial charge >= 0.3 is 0 Å². The van der Waals surface area contributed by atoms with E-state index in [1.807, 2.05) is 12.1 Å². The van der Waals surface area contributed by atoms with Crippen LogP contribution in [0, 0.1) is 12.8 Å². The molecule has 0 aromatic heterocycles. The number of halogens is 1. The van der Waals surface area contributed by atoms with E-state index < -0.39 is 0 Å². The van der Waals surface area contributed by atoms with Crippen molar-refractivity contribution in [2.75, 3.05) is 13.1 Å². The molecule has 0 spiro atoms. The van der Waals surface area contributed by atoms with Crippen molar-refractivity contribution in [1.29, 1.82) is 0 Å². The maximum atomic E-state index is 5.87. The van der Waals surface area contributed by atoms with Gasteiger partial charge in [-0.25, -0.2) is 0 Å². The van der Waals surface area contributed by atoms with Gasteiger partial charge in [-0.3, -0.25) is 0 Å². The van der Waals surface area contributed by atoms with Crippen molar-refractivity contribution in [3.8, 4) is 5.75 Å². The summed E-state index contributed by atoms with van der Waals surface area (Å²) in [6.45, 7) is 10.6. The third kappa shape index (κ3) is 5.87. The number of nitrogens with one attached hydrogen (secondary N) is 1. The van der Waals surface area contributed by atoms with Gasteiger partial charge in [0.25, 0.3) is 0 Å². The Balaban J connectivity index is 2.31.